The summed E-state index contributed by atoms with van der Waals surface area (Å²) in [6, 6.07) is 7.68. The van der Waals surface area contributed by atoms with Crippen LogP contribution in [0.4, 0.5) is 0 Å². The van der Waals surface area contributed by atoms with Crippen LogP contribution in [-0.2, 0) is 20.7 Å². The maximum Gasteiger partial charge on any atom is 0.325 e. The molecular weight excluding hydrogens is 254 g/mol. The first kappa shape index (κ1) is 14.5. The number of ether oxygens (including phenoxy) is 1. The highest BCUT2D eigenvalue weighted by atomic mass is 35.5. The standard InChI is InChI=1S/C13H16ClNO3/c1-9-3-5-10(6-4-9)7-12(16)15-8-11(14)13(17)18-2/h3-6,11H,7-8H2,1-2H3,(H,15,16). The number of esters is 1. The van der Waals surface area contributed by atoms with E-state index >= 15 is 0 Å². The number of rotatable bonds is 5. The highest BCUT2D eigenvalue weighted by Crippen LogP contribution is 2.04. The van der Waals surface area contributed by atoms with Crippen molar-refractivity contribution in [3.63, 3.8) is 0 Å². The monoisotopic (exact) mass is 269 g/mol. The molecule has 0 saturated carbocycles. The number of benzene rings is 1. The van der Waals surface area contributed by atoms with Crippen molar-refractivity contribution in [3.8, 4) is 0 Å². The van der Waals surface area contributed by atoms with Crippen LogP contribution in [0.3, 0.4) is 0 Å². The lowest BCUT2D eigenvalue weighted by atomic mass is 10.1. The van der Waals surface area contributed by atoms with Gasteiger partial charge >= 0.3 is 5.97 Å². The fourth-order valence-corrected chi connectivity index (χ4v) is 1.53. The topological polar surface area (TPSA) is 55.4 Å². The number of hydrogen-bond acceptors (Lipinski definition) is 3. The van der Waals surface area contributed by atoms with Gasteiger partial charge in [0.2, 0.25) is 5.91 Å². The molecule has 4 nitrogen and oxygen atoms in total. The fourth-order valence-electron chi connectivity index (χ4n) is 1.37. The maximum absolute atomic E-state index is 11.6. The Bertz CT molecular complexity index is 417. The molecule has 0 spiro atoms. The molecule has 0 heterocycles. The lowest BCUT2D eigenvalue weighted by molar-refractivity contribution is -0.140. The second kappa shape index (κ2) is 7.01. The van der Waals surface area contributed by atoms with Gasteiger partial charge in [0, 0.05) is 6.54 Å². The van der Waals surface area contributed by atoms with E-state index in [1.165, 1.54) is 7.11 Å². The first-order valence-electron chi connectivity index (χ1n) is 5.57. The third kappa shape index (κ3) is 4.75. The van der Waals surface area contributed by atoms with E-state index < -0.39 is 11.3 Å². The molecule has 1 unspecified atom stereocenters. The quantitative estimate of drug-likeness (QED) is 0.650. The van der Waals surface area contributed by atoms with Gasteiger partial charge in [-0.15, -0.1) is 11.6 Å². The Balaban J connectivity index is 2.38. The molecule has 1 aromatic rings. The summed E-state index contributed by atoms with van der Waals surface area (Å²) in [5.74, 6) is -0.722. The van der Waals surface area contributed by atoms with Gasteiger partial charge in [-0.3, -0.25) is 9.59 Å². The Morgan fingerprint density at radius 1 is 1.33 bits per heavy atom. The summed E-state index contributed by atoms with van der Waals surface area (Å²) >= 11 is 5.71. The molecule has 0 bridgehead atoms. The van der Waals surface area contributed by atoms with Crippen LogP contribution < -0.4 is 5.32 Å². The molecule has 0 saturated heterocycles. The zero-order valence-corrected chi connectivity index (χ0v) is 11.2. The van der Waals surface area contributed by atoms with Crippen molar-refractivity contribution in [2.45, 2.75) is 18.7 Å². The van der Waals surface area contributed by atoms with E-state index in [0.717, 1.165) is 11.1 Å². The highest BCUT2D eigenvalue weighted by molar-refractivity contribution is 6.30. The Morgan fingerprint density at radius 3 is 2.50 bits per heavy atom. The largest absolute Gasteiger partial charge is 0.468 e. The Kier molecular flexibility index (Phi) is 5.65. The minimum atomic E-state index is -0.850. The number of nitrogens with one attached hydrogen (secondary N) is 1. The molecule has 5 heteroatoms. The van der Waals surface area contributed by atoms with E-state index in [9.17, 15) is 9.59 Å². The number of amides is 1. The lowest BCUT2D eigenvalue weighted by Crippen LogP contribution is -2.35. The van der Waals surface area contributed by atoms with Crippen molar-refractivity contribution in [2.75, 3.05) is 13.7 Å². The van der Waals surface area contributed by atoms with Gasteiger partial charge in [-0.1, -0.05) is 29.8 Å². The summed E-state index contributed by atoms with van der Waals surface area (Å²) in [6.07, 6.45) is 0.269. The van der Waals surface area contributed by atoms with Gasteiger partial charge in [-0.2, -0.15) is 0 Å². The molecule has 0 aliphatic heterocycles. The van der Waals surface area contributed by atoms with Crippen molar-refractivity contribution in [2.24, 2.45) is 0 Å². The van der Waals surface area contributed by atoms with Crippen LogP contribution >= 0.6 is 11.6 Å². The highest BCUT2D eigenvalue weighted by Gasteiger charge is 2.16. The summed E-state index contributed by atoms with van der Waals surface area (Å²) in [5, 5.41) is 1.74. The van der Waals surface area contributed by atoms with Crippen LogP contribution in [0.2, 0.25) is 0 Å². The predicted molar refractivity (Wildman–Crippen MR) is 69.5 cm³/mol. The molecule has 0 aliphatic rings. The summed E-state index contributed by atoms with van der Waals surface area (Å²) in [5.41, 5.74) is 2.06. The van der Waals surface area contributed by atoms with Crippen LogP contribution in [0.1, 0.15) is 11.1 Å². The van der Waals surface area contributed by atoms with Gasteiger partial charge in [0.1, 0.15) is 5.38 Å². The van der Waals surface area contributed by atoms with E-state index in [-0.39, 0.29) is 18.9 Å². The fraction of sp³-hybridized carbons (Fsp3) is 0.385. The van der Waals surface area contributed by atoms with Gasteiger partial charge in [-0.05, 0) is 12.5 Å². The molecule has 1 N–H and O–H groups in total. The van der Waals surface area contributed by atoms with Crippen LogP contribution in [-0.4, -0.2) is 30.9 Å². The third-order valence-corrected chi connectivity index (χ3v) is 2.75. The Hall–Kier alpha value is -1.55. The molecular formula is C13H16ClNO3. The van der Waals surface area contributed by atoms with Crippen LogP contribution in [0.15, 0.2) is 24.3 Å². The molecule has 1 atom stereocenters. The summed E-state index contributed by atoms with van der Waals surface area (Å²) < 4.78 is 4.45. The zero-order chi connectivity index (χ0) is 13.5. The number of carbonyl (C=O) groups is 2. The number of halogens is 1. The number of carbonyl (C=O) groups excluding carboxylic acids is 2. The molecule has 0 radical (unpaired) electrons. The van der Waals surface area contributed by atoms with Crippen molar-refractivity contribution >= 4 is 23.5 Å². The zero-order valence-electron chi connectivity index (χ0n) is 10.4. The van der Waals surface area contributed by atoms with Gasteiger partial charge in [0.05, 0.1) is 13.5 Å². The average molecular weight is 270 g/mol. The minimum Gasteiger partial charge on any atom is -0.468 e. The normalized spacial score (nSPS) is 11.7. The first-order chi connectivity index (χ1) is 8.52. The van der Waals surface area contributed by atoms with E-state index in [4.69, 9.17) is 11.6 Å². The molecule has 0 fully saturated rings. The van der Waals surface area contributed by atoms with E-state index in [2.05, 4.69) is 10.1 Å². The van der Waals surface area contributed by atoms with E-state index in [1.807, 2.05) is 31.2 Å². The minimum absolute atomic E-state index is 0.0684. The molecule has 18 heavy (non-hydrogen) atoms. The Morgan fingerprint density at radius 2 is 1.94 bits per heavy atom. The van der Waals surface area contributed by atoms with Crippen molar-refractivity contribution < 1.29 is 14.3 Å². The lowest BCUT2D eigenvalue weighted by Gasteiger charge is -2.09. The number of hydrogen-bond donors (Lipinski definition) is 1. The van der Waals surface area contributed by atoms with E-state index in [1.54, 1.807) is 0 Å². The predicted octanol–water partition coefficient (Wildman–Crippen LogP) is 1.43. The summed E-state index contributed by atoms with van der Waals surface area (Å²) in [7, 11) is 1.26. The van der Waals surface area contributed by atoms with Gasteiger partial charge in [0.25, 0.3) is 0 Å². The van der Waals surface area contributed by atoms with Crippen molar-refractivity contribution in [3.05, 3.63) is 35.4 Å². The Labute approximate surface area is 111 Å². The van der Waals surface area contributed by atoms with Gasteiger partial charge in [-0.25, -0.2) is 0 Å². The van der Waals surface area contributed by atoms with Crippen LogP contribution in [0.5, 0.6) is 0 Å². The van der Waals surface area contributed by atoms with Crippen LogP contribution in [0.25, 0.3) is 0 Å². The molecule has 1 aromatic carbocycles. The summed E-state index contributed by atoms with van der Waals surface area (Å²) in [6.45, 7) is 2.05. The molecule has 1 rings (SSSR count). The average Bonchev–Trinajstić information content (AvgIpc) is 2.37. The van der Waals surface area contributed by atoms with Crippen molar-refractivity contribution in [1.29, 1.82) is 0 Å². The third-order valence-electron chi connectivity index (χ3n) is 2.42. The number of alkyl halides is 1. The second-order valence-electron chi connectivity index (χ2n) is 3.96. The smallest absolute Gasteiger partial charge is 0.325 e. The second-order valence-corrected chi connectivity index (χ2v) is 4.48. The van der Waals surface area contributed by atoms with Crippen LogP contribution in [0, 0.1) is 6.92 Å². The van der Waals surface area contributed by atoms with E-state index in [0.29, 0.717) is 0 Å². The number of methoxy groups -OCH3 is 1. The van der Waals surface area contributed by atoms with Gasteiger partial charge < -0.3 is 10.1 Å². The van der Waals surface area contributed by atoms with Crippen molar-refractivity contribution in [1.82, 2.24) is 5.32 Å². The molecule has 1 amide bonds. The molecule has 0 aromatic heterocycles. The summed E-state index contributed by atoms with van der Waals surface area (Å²) in [4.78, 5) is 22.6. The first-order valence-corrected chi connectivity index (χ1v) is 6.00. The number of aryl methyl sites for hydroxylation is 1. The maximum atomic E-state index is 11.6. The van der Waals surface area contributed by atoms with Gasteiger partial charge in [0.15, 0.2) is 0 Å². The molecule has 98 valence electrons. The SMILES string of the molecule is COC(=O)C(Cl)CNC(=O)Cc1ccc(C)cc1. The molecule has 0 aliphatic carbocycles.